The second-order valence-electron chi connectivity index (χ2n) is 7.70. The molecule has 1 aliphatic carbocycles. The van der Waals surface area contributed by atoms with Crippen molar-refractivity contribution in [2.24, 2.45) is 17.3 Å². The minimum atomic E-state index is -4.69. The highest BCUT2D eigenvalue weighted by Crippen LogP contribution is 2.60. The lowest BCUT2D eigenvalue weighted by molar-refractivity contribution is -0.147. The van der Waals surface area contributed by atoms with E-state index < -0.39 is 52.7 Å². The molecule has 30 heavy (non-hydrogen) atoms. The molecule has 0 aromatic heterocycles. The molecule has 0 spiro atoms. The molecule has 2 aromatic carbocycles. The zero-order valence-corrected chi connectivity index (χ0v) is 16.8. The van der Waals surface area contributed by atoms with Gasteiger partial charge in [-0.05, 0) is 17.4 Å². The maximum atomic E-state index is 14.8. The zero-order valence-electron chi connectivity index (χ0n) is 16.1. The summed E-state index contributed by atoms with van der Waals surface area (Å²) in [5.41, 5.74) is -0.650. The van der Waals surface area contributed by atoms with Crippen LogP contribution >= 0.6 is 11.6 Å². The van der Waals surface area contributed by atoms with Crippen LogP contribution in [-0.2, 0) is 16.1 Å². The summed E-state index contributed by atoms with van der Waals surface area (Å²) in [7, 11) is 0. The van der Waals surface area contributed by atoms with Crippen LogP contribution < -0.4 is 0 Å². The topological polar surface area (TPSA) is 26.3 Å². The first kappa shape index (κ1) is 22.3. The summed E-state index contributed by atoms with van der Waals surface area (Å²) in [6, 6.07) is 9.98. The molecule has 1 saturated carbocycles. The van der Waals surface area contributed by atoms with E-state index in [2.05, 4.69) is 0 Å². The monoisotopic (exact) mass is 444 g/mol. The summed E-state index contributed by atoms with van der Waals surface area (Å²) in [4.78, 5) is 12.4. The van der Waals surface area contributed by atoms with Gasteiger partial charge in [-0.1, -0.05) is 67.9 Å². The summed E-state index contributed by atoms with van der Waals surface area (Å²) >= 11 is 5.28. The standard InChI is InChI=1S/C22H18ClF5O2/c1-21(2)15(10-17(23)22(26,27)28)18(21)20(29)30-11-12-6-5-8-14(19(12)25)13-7-3-4-9-16(13)24/h3-10,15,18H,11H2,1-2H3. The van der Waals surface area contributed by atoms with Gasteiger partial charge in [0.25, 0.3) is 0 Å². The molecule has 0 N–H and O–H groups in total. The summed E-state index contributed by atoms with van der Waals surface area (Å²) < 4.78 is 71.9. The Morgan fingerprint density at radius 2 is 1.73 bits per heavy atom. The van der Waals surface area contributed by atoms with E-state index in [0.29, 0.717) is 0 Å². The lowest BCUT2D eigenvalue weighted by Crippen LogP contribution is -2.12. The Bertz CT molecular complexity index is 997. The summed E-state index contributed by atoms with van der Waals surface area (Å²) in [5.74, 6) is -3.65. The van der Waals surface area contributed by atoms with E-state index in [1.165, 1.54) is 36.4 Å². The zero-order chi connectivity index (χ0) is 22.3. The molecule has 1 fully saturated rings. The van der Waals surface area contributed by atoms with Crippen molar-refractivity contribution in [1.82, 2.24) is 0 Å². The molecule has 8 heteroatoms. The number of ether oxygens (including phenoxy) is 1. The molecule has 0 radical (unpaired) electrons. The highest BCUT2D eigenvalue weighted by atomic mass is 35.5. The highest BCUT2D eigenvalue weighted by Gasteiger charge is 2.62. The van der Waals surface area contributed by atoms with Gasteiger partial charge in [0, 0.05) is 16.7 Å². The van der Waals surface area contributed by atoms with Gasteiger partial charge in [-0.2, -0.15) is 13.2 Å². The van der Waals surface area contributed by atoms with Crippen LogP contribution in [0.15, 0.2) is 53.6 Å². The van der Waals surface area contributed by atoms with Crippen molar-refractivity contribution in [2.45, 2.75) is 26.6 Å². The van der Waals surface area contributed by atoms with Crippen molar-refractivity contribution in [2.75, 3.05) is 0 Å². The molecule has 3 rings (SSSR count). The molecule has 0 bridgehead atoms. The third kappa shape index (κ3) is 4.36. The lowest BCUT2D eigenvalue weighted by atomic mass is 10.0. The van der Waals surface area contributed by atoms with Crippen LogP contribution in [0.1, 0.15) is 19.4 Å². The Hall–Kier alpha value is -2.41. The van der Waals surface area contributed by atoms with Crippen LogP contribution in [0.3, 0.4) is 0 Å². The fraction of sp³-hybridized carbons (Fsp3) is 0.318. The van der Waals surface area contributed by atoms with Gasteiger partial charge in [-0.25, -0.2) is 8.78 Å². The maximum Gasteiger partial charge on any atom is 0.426 e. The molecule has 0 heterocycles. The van der Waals surface area contributed by atoms with Gasteiger partial charge in [-0.3, -0.25) is 4.79 Å². The molecule has 2 atom stereocenters. The van der Waals surface area contributed by atoms with E-state index in [-0.39, 0.29) is 16.7 Å². The average molecular weight is 445 g/mol. The van der Waals surface area contributed by atoms with Crippen molar-refractivity contribution >= 4 is 17.6 Å². The number of carbonyl (C=O) groups excluding carboxylic acids is 1. The van der Waals surface area contributed by atoms with Crippen molar-refractivity contribution in [3.05, 3.63) is 70.8 Å². The average Bonchev–Trinajstić information content (AvgIpc) is 3.20. The van der Waals surface area contributed by atoms with Crippen molar-refractivity contribution < 1.29 is 31.5 Å². The molecule has 2 unspecified atom stereocenters. The van der Waals surface area contributed by atoms with Crippen LogP contribution in [0.4, 0.5) is 22.0 Å². The largest absolute Gasteiger partial charge is 0.460 e. The highest BCUT2D eigenvalue weighted by molar-refractivity contribution is 6.30. The SMILES string of the molecule is CC1(C)C(C=C(Cl)C(F)(F)F)C1C(=O)OCc1cccc(-c2ccccc2F)c1F. The van der Waals surface area contributed by atoms with Crippen molar-refractivity contribution in [3.8, 4) is 11.1 Å². The third-order valence-electron chi connectivity index (χ3n) is 5.37. The Kier molecular flexibility index (Phi) is 5.96. The van der Waals surface area contributed by atoms with Gasteiger partial charge >= 0.3 is 12.1 Å². The second-order valence-corrected chi connectivity index (χ2v) is 8.11. The molecule has 2 aromatic rings. The normalized spacial score (nSPS) is 20.7. The molecule has 0 aliphatic heterocycles. The Morgan fingerprint density at radius 1 is 1.10 bits per heavy atom. The first-order chi connectivity index (χ1) is 13.9. The van der Waals surface area contributed by atoms with E-state index in [1.807, 2.05) is 0 Å². The van der Waals surface area contributed by atoms with E-state index in [4.69, 9.17) is 16.3 Å². The number of alkyl halides is 3. The molecule has 1 aliphatic rings. The predicted octanol–water partition coefficient (Wildman–Crippen LogP) is 6.63. The summed E-state index contributed by atoms with van der Waals surface area (Å²) in [6.45, 7) is 2.82. The van der Waals surface area contributed by atoms with Crippen molar-refractivity contribution in [1.29, 1.82) is 0 Å². The predicted molar refractivity (Wildman–Crippen MR) is 102 cm³/mol. The number of esters is 1. The van der Waals surface area contributed by atoms with Crippen LogP contribution in [0.2, 0.25) is 0 Å². The Labute approximate surface area is 175 Å². The smallest absolute Gasteiger partial charge is 0.426 e. The van der Waals surface area contributed by atoms with Crippen molar-refractivity contribution in [3.63, 3.8) is 0 Å². The molecular formula is C22H18ClF5O2. The Balaban J connectivity index is 1.73. The van der Waals surface area contributed by atoms with E-state index in [9.17, 15) is 26.7 Å². The molecule has 2 nitrogen and oxygen atoms in total. The van der Waals surface area contributed by atoms with Gasteiger partial charge in [0.1, 0.15) is 23.3 Å². The van der Waals surface area contributed by atoms with Gasteiger partial charge in [-0.15, -0.1) is 0 Å². The summed E-state index contributed by atoms with van der Waals surface area (Å²) in [6.07, 6.45) is -3.88. The van der Waals surface area contributed by atoms with Crippen LogP contribution in [-0.4, -0.2) is 12.1 Å². The maximum absolute atomic E-state index is 14.8. The van der Waals surface area contributed by atoms with Crippen LogP contribution in [0, 0.1) is 28.9 Å². The first-order valence-electron chi connectivity index (χ1n) is 9.08. The van der Waals surface area contributed by atoms with E-state index in [1.54, 1.807) is 19.9 Å². The fourth-order valence-corrected chi connectivity index (χ4v) is 3.64. The Morgan fingerprint density at radius 3 is 2.37 bits per heavy atom. The fourth-order valence-electron chi connectivity index (χ4n) is 3.51. The quantitative estimate of drug-likeness (QED) is 0.382. The number of allylic oxidation sites excluding steroid dienone is 2. The lowest BCUT2D eigenvalue weighted by Gasteiger charge is -2.10. The van der Waals surface area contributed by atoms with Gasteiger partial charge in [0.05, 0.1) is 5.92 Å². The number of rotatable bonds is 5. The van der Waals surface area contributed by atoms with Gasteiger partial charge in [0.2, 0.25) is 0 Å². The number of hydrogen-bond donors (Lipinski definition) is 0. The van der Waals surface area contributed by atoms with Gasteiger partial charge < -0.3 is 4.74 Å². The molecule has 0 saturated heterocycles. The number of halogens is 6. The minimum Gasteiger partial charge on any atom is -0.460 e. The second kappa shape index (κ2) is 8.02. The van der Waals surface area contributed by atoms with Crippen LogP contribution in [0.25, 0.3) is 11.1 Å². The van der Waals surface area contributed by atoms with E-state index in [0.717, 1.165) is 6.08 Å². The molecule has 160 valence electrons. The molecule has 0 amide bonds. The van der Waals surface area contributed by atoms with Gasteiger partial charge in [0.15, 0.2) is 0 Å². The van der Waals surface area contributed by atoms with Crippen LogP contribution in [0.5, 0.6) is 0 Å². The third-order valence-corrected chi connectivity index (χ3v) is 5.71. The number of benzene rings is 2. The summed E-state index contributed by atoms with van der Waals surface area (Å²) in [5, 5.41) is -1.29. The first-order valence-corrected chi connectivity index (χ1v) is 9.46. The molecular weight excluding hydrogens is 427 g/mol. The number of hydrogen-bond acceptors (Lipinski definition) is 2. The number of carbonyl (C=O) groups is 1. The minimum absolute atomic E-state index is 0.0196. The van der Waals surface area contributed by atoms with E-state index >= 15 is 0 Å².